The molecule has 0 aromatic heterocycles. The van der Waals surface area contributed by atoms with Crippen molar-refractivity contribution in [2.45, 2.75) is 45.6 Å². The van der Waals surface area contributed by atoms with Crippen LogP contribution in [-0.4, -0.2) is 29.8 Å². The smallest absolute Gasteiger partial charge is 0.149 e. The van der Waals surface area contributed by atoms with Crippen molar-refractivity contribution in [3.05, 3.63) is 0 Å². The summed E-state index contributed by atoms with van der Waals surface area (Å²) in [6.45, 7) is 6.41. The van der Waals surface area contributed by atoms with E-state index in [2.05, 4.69) is 18.7 Å². The highest BCUT2D eigenvalue weighted by molar-refractivity contribution is 5.85. The summed E-state index contributed by atoms with van der Waals surface area (Å²) in [7, 11) is 0. The second-order valence-electron chi connectivity index (χ2n) is 5.16. The van der Waals surface area contributed by atoms with Gasteiger partial charge in [-0.2, -0.15) is 0 Å². The first-order valence-corrected chi connectivity index (χ1v) is 5.95. The monoisotopic (exact) mass is 195 g/mol. The fourth-order valence-corrected chi connectivity index (χ4v) is 2.54. The van der Waals surface area contributed by atoms with Gasteiger partial charge in [-0.25, -0.2) is 0 Å². The van der Waals surface area contributed by atoms with Crippen molar-refractivity contribution in [3.63, 3.8) is 0 Å². The van der Waals surface area contributed by atoms with Crippen molar-refractivity contribution in [2.24, 2.45) is 11.8 Å². The van der Waals surface area contributed by atoms with Gasteiger partial charge >= 0.3 is 0 Å². The lowest BCUT2D eigenvalue weighted by Crippen LogP contribution is -2.37. The van der Waals surface area contributed by atoms with Gasteiger partial charge in [0.2, 0.25) is 0 Å². The lowest BCUT2D eigenvalue weighted by molar-refractivity contribution is -0.121. The van der Waals surface area contributed by atoms with Crippen molar-refractivity contribution >= 4 is 5.78 Å². The van der Waals surface area contributed by atoms with Crippen molar-refractivity contribution in [1.82, 2.24) is 4.90 Å². The fraction of sp³-hybridized carbons (Fsp3) is 0.917. The molecule has 0 bridgehead atoms. The Kier molecular flexibility index (Phi) is 2.91. The SMILES string of the molecule is CC(C)C1CCCN1CC(=O)C1CC1. The van der Waals surface area contributed by atoms with Gasteiger partial charge in [-0.05, 0) is 38.1 Å². The summed E-state index contributed by atoms with van der Waals surface area (Å²) >= 11 is 0. The minimum atomic E-state index is 0.434. The van der Waals surface area contributed by atoms with E-state index in [1.807, 2.05) is 0 Å². The van der Waals surface area contributed by atoms with Crippen LogP contribution in [0.25, 0.3) is 0 Å². The Balaban J connectivity index is 1.86. The summed E-state index contributed by atoms with van der Waals surface area (Å²) in [5.41, 5.74) is 0. The normalized spacial score (nSPS) is 28.6. The fourth-order valence-electron chi connectivity index (χ4n) is 2.54. The van der Waals surface area contributed by atoms with Gasteiger partial charge in [0.25, 0.3) is 0 Å². The van der Waals surface area contributed by atoms with E-state index in [9.17, 15) is 4.79 Å². The molecule has 14 heavy (non-hydrogen) atoms. The van der Waals surface area contributed by atoms with Crippen LogP contribution in [0.2, 0.25) is 0 Å². The van der Waals surface area contributed by atoms with Crippen LogP contribution in [0.5, 0.6) is 0 Å². The maximum absolute atomic E-state index is 11.7. The molecule has 0 N–H and O–H groups in total. The van der Waals surface area contributed by atoms with Crippen LogP contribution >= 0.6 is 0 Å². The third-order valence-corrected chi connectivity index (χ3v) is 3.58. The van der Waals surface area contributed by atoms with E-state index >= 15 is 0 Å². The van der Waals surface area contributed by atoms with Gasteiger partial charge in [-0.3, -0.25) is 9.69 Å². The molecule has 2 nitrogen and oxygen atoms in total. The minimum Gasteiger partial charge on any atom is -0.298 e. The first kappa shape index (κ1) is 10.2. The molecular weight excluding hydrogens is 174 g/mol. The molecule has 1 saturated carbocycles. The highest BCUT2D eigenvalue weighted by Crippen LogP contribution is 2.31. The van der Waals surface area contributed by atoms with Crippen molar-refractivity contribution < 1.29 is 4.79 Å². The quantitative estimate of drug-likeness (QED) is 0.684. The first-order valence-electron chi connectivity index (χ1n) is 5.95. The number of carbonyl (C=O) groups excluding carboxylic acids is 1. The van der Waals surface area contributed by atoms with Crippen molar-refractivity contribution in [3.8, 4) is 0 Å². The molecule has 0 aromatic carbocycles. The largest absolute Gasteiger partial charge is 0.298 e. The molecule has 1 heterocycles. The second kappa shape index (κ2) is 4.01. The number of hydrogen-bond acceptors (Lipinski definition) is 2. The molecule has 80 valence electrons. The van der Waals surface area contributed by atoms with Gasteiger partial charge in [0, 0.05) is 12.0 Å². The maximum Gasteiger partial charge on any atom is 0.149 e. The molecule has 2 rings (SSSR count). The number of nitrogens with zero attached hydrogens (tertiary/aromatic N) is 1. The average molecular weight is 195 g/mol. The van der Waals surface area contributed by atoms with Gasteiger partial charge < -0.3 is 0 Å². The van der Waals surface area contributed by atoms with E-state index in [1.54, 1.807) is 0 Å². The standard InChI is InChI=1S/C12H21NO/c1-9(2)11-4-3-7-13(11)8-12(14)10-5-6-10/h9-11H,3-8H2,1-2H3. The number of likely N-dealkylation sites (tertiary alicyclic amines) is 1. The maximum atomic E-state index is 11.7. The predicted molar refractivity (Wildman–Crippen MR) is 57.2 cm³/mol. The Morgan fingerprint density at radius 2 is 2.07 bits per heavy atom. The van der Waals surface area contributed by atoms with Crippen LogP contribution < -0.4 is 0 Å². The summed E-state index contributed by atoms with van der Waals surface area (Å²) < 4.78 is 0. The molecular formula is C12H21NO. The number of ketones is 1. The molecule has 1 aliphatic carbocycles. The summed E-state index contributed by atoms with van der Waals surface area (Å²) in [4.78, 5) is 14.1. The highest BCUT2D eigenvalue weighted by atomic mass is 16.1. The lowest BCUT2D eigenvalue weighted by atomic mass is 10.0. The zero-order valence-electron chi connectivity index (χ0n) is 9.33. The van der Waals surface area contributed by atoms with Crippen molar-refractivity contribution in [1.29, 1.82) is 0 Å². The zero-order chi connectivity index (χ0) is 10.1. The molecule has 2 fully saturated rings. The van der Waals surface area contributed by atoms with E-state index in [1.165, 1.54) is 12.8 Å². The third kappa shape index (κ3) is 2.17. The second-order valence-corrected chi connectivity index (χ2v) is 5.16. The highest BCUT2D eigenvalue weighted by Gasteiger charge is 2.34. The van der Waals surface area contributed by atoms with E-state index < -0.39 is 0 Å². The molecule has 0 spiro atoms. The van der Waals surface area contributed by atoms with Crippen LogP contribution in [0.3, 0.4) is 0 Å². The van der Waals surface area contributed by atoms with Crippen LogP contribution in [-0.2, 0) is 4.79 Å². The molecule has 2 heteroatoms. The third-order valence-electron chi connectivity index (χ3n) is 3.58. The minimum absolute atomic E-state index is 0.434. The van der Waals surface area contributed by atoms with E-state index in [-0.39, 0.29) is 0 Å². The van der Waals surface area contributed by atoms with Gasteiger partial charge in [0.15, 0.2) is 0 Å². The lowest BCUT2D eigenvalue weighted by Gasteiger charge is -2.26. The average Bonchev–Trinajstić information content (AvgIpc) is 2.87. The van der Waals surface area contributed by atoms with Gasteiger partial charge in [-0.1, -0.05) is 13.8 Å². The van der Waals surface area contributed by atoms with E-state index in [0.717, 1.165) is 25.9 Å². The predicted octanol–water partition coefficient (Wildman–Crippen LogP) is 2.09. The molecule has 0 amide bonds. The molecule has 0 radical (unpaired) electrons. The summed E-state index contributed by atoms with van der Waals surface area (Å²) in [5.74, 6) is 1.63. The molecule has 1 saturated heterocycles. The molecule has 1 atom stereocenters. The topological polar surface area (TPSA) is 20.3 Å². The molecule has 2 aliphatic rings. The van der Waals surface area contributed by atoms with Crippen molar-refractivity contribution in [2.75, 3.05) is 13.1 Å². The van der Waals surface area contributed by atoms with Gasteiger partial charge in [-0.15, -0.1) is 0 Å². The van der Waals surface area contributed by atoms with Crippen LogP contribution in [0.4, 0.5) is 0 Å². The van der Waals surface area contributed by atoms with Gasteiger partial charge in [0.1, 0.15) is 5.78 Å². The van der Waals surface area contributed by atoms with Gasteiger partial charge in [0.05, 0.1) is 6.54 Å². The zero-order valence-corrected chi connectivity index (χ0v) is 9.33. The molecule has 1 unspecified atom stereocenters. The Morgan fingerprint density at radius 3 is 2.64 bits per heavy atom. The molecule has 1 aliphatic heterocycles. The van der Waals surface area contributed by atoms with Crippen LogP contribution in [0.15, 0.2) is 0 Å². The summed E-state index contributed by atoms with van der Waals surface area (Å²) in [5, 5.41) is 0. The summed E-state index contributed by atoms with van der Waals surface area (Å²) in [6.07, 6.45) is 4.87. The molecule has 0 aromatic rings. The number of Topliss-reactive ketones (excluding diaryl/α,β-unsaturated/α-hetero) is 1. The Bertz CT molecular complexity index is 220. The summed E-state index contributed by atoms with van der Waals surface area (Å²) in [6, 6.07) is 0.665. The Hall–Kier alpha value is -0.370. The number of rotatable bonds is 4. The Labute approximate surface area is 86.7 Å². The Morgan fingerprint density at radius 1 is 1.36 bits per heavy atom. The van der Waals surface area contributed by atoms with Crippen LogP contribution in [0.1, 0.15) is 39.5 Å². The van der Waals surface area contributed by atoms with Crippen LogP contribution in [0, 0.1) is 11.8 Å². The number of carbonyl (C=O) groups is 1. The van der Waals surface area contributed by atoms with E-state index in [0.29, 0.717) is 23.7 Å². The first-order chi connectivity index (χ1) is 6.68. The van der Waals surface area contributed by atoms with E-state index in [4.69, 9.17) is 0 Å². The number of hydrogen-bond donors (Lipinski definition) is 0.